The molecule has 0 fully saturated rings. The average Bonchev–Trinajstić information content (AvgIpc) is 2.62. The first-order chi connectivity index (χ1) is 12.7. The van der Waals surface area contributed by atoms with E-state index in [2.05, 4.69) is 20.1 Å². The number of benzene rings is 1. The standard InChI is InChI=1S/C23H33NO3/c1-8-20(18(5)27-7)16(3)13-22(24)21-14-23(25)17(4)12-19(21)11-15(2)9-10-26-6/h8,12-15,25H,3,5,9-11,24H2,1-2,4,6-7H3/b20-8+,22-13-. The van der Waals surface area contributed by atoms with E-state index < -0.39 is 0 Å². The lowest BCUT2D eigenvalue weighted by atomic mass is 9.91. The van der Waals surface area contributed by atoms with Gasteiger partial charge in [-0.05, 0) is 61.4 Å². The average molecular weight is 372 g/mol. The first-order valence-electron chi connectivity index (χ1n) is 9.12. The zero-order valence-electron chi connectivity index (χ0n) is 17.3. The second kappa shape index (κ2) is 10.6. The number of phenols is 1. The normalized spacial score (nSPS) is 13.4. The van der Waals surface area contributed by atoms with Crippen molar-refractivity contribution in [2.45, 2.75) is 33.6 Å². The first-order valence-corrected chi connectivity index (χ1v) is 9.12. The second-order valence-corrected chi connectivity index (χ2v) is 6.84. The molecule has 1 rings (SSSR count). The second-order valence-electron chi connectivity index (χ2n) is 6.84. The summed E-state index contributed by atoms with van der Waals surface area (Å²) >= 11 is 0. The van der Waals surface area contributed by atoms with Gasteiger partial charge in [-0.25, -0.2) is 0 Å². The number of nitrogens with two attached hydrogens (primary N) is 1. The summed E-state index contributed by atoms with van der Waals surface area (Å²) in [5, 5.41) is 10.2. The molecule has 0 aliphatic heterocycles. The molecular weight excluding hydrogens is 338 g/mol. The molecule has 0 saturated heterocycles. The van der Waals surface area contributed by atoms with E-state index in [9.17, 15) is 5.11 Å². The molecule has 0 aliphatic rings. The molecule has 0 saturated carbocycles. The number of methoxy groups -OCH3 is 2. The van der Waals surface area contributed by atoms with Crippen molar-refractivity contribution >= 4 is 5.70 Å². The summed E-state index contributed by atoms with van der Waals surface area (Å²) in [5.41, 5.74) is 11.2. The van der Waals surface area contributed by atoms with E-state index in [0.29, 0.717) is 22.9 Å². The topological polar surface area (TPSA) is 64.7 Å². The van der Waals surface area contributed by atoms with Gasteiger partial charge in [-0.3, -0.25) is 0 Å². The largest absolute Gasteiger partial charge is 0.508 e. The number of aromatic hydroxyl groups is 1. The molecule has 27 heavy (non-hydrogen) atoms. The van der Waals surface area contributed by atoms with Gasteiger partial charge in [0.2, 0.25) is 0 Å². The minimum Gasteiger partial charge on any atom is -0.508 e. The van der Waals surface area contributed by atoms with Gasteiger partial charge >= 0.3 is 0 Å². The molecule has 0 amide bonds. The van der Waals surface area contributed by atoms with E-state index in [1.807, 2.05) is 26.0 Å². The van der Waals surface area contributed by atoms with Crippen LogP contribution < -0.4 is 5.73 Å². The van der Waals surface area contributed by atoms with Crippen LogP contribution >= 0.6 is 0 Å². The van der Waals surface area contributed by atoms with E-state index in [1.165, 1.54) is 0 Å². The zero-order valence-corrected chi connectivity index (χ0v) is 17.3. The third-order valence-electron chi connectivity index (χ3n) is 4.63. The fourth-order valence-electron chi connectivity index (χ4n) is 2.97. The Morgan fingerprint density at radius 3 is 2.52 bits per heavy atom. The van der Waals surface area contributed by atoms with Crippen molar-refractivity contribution in [1.29, 1.82) is 0 Å². The van der Waals surface area contributed by atoms with Gasteiger partial charge in [0.15, 0.2) is 0 Å². The van der Waals surface area contributed by atoms with E-state index >= 15 is 0 Å². The molecule has 4 heteroatoms. The SMILES string of the molecule is C=C(/C=C(\N)c1cc(O)c(C)cc1CC(C)CCOC)/C(=C\C)C(=C)OC. The predicted octanol–water partition coefficient (Wildman–Crippen LogP) is 4.88. The molecule has 0 aliphatic carbocycles. The third-order valence-corrected chi connectivity index (χ3v) is 4.63. The van der Waals surface area contributed by atoms with Crippen LogP contribution in [0.1, 0.15) is 37.0 Å². The van der Waals surface area contributed by atoms with Gasteiger partial charge in [-0.1, -0.05) is 32.2 Å². The number of aryl methyl sites for hydroxylation is 1. The van der Waals surface area contributed by atoms with Crippen molar-refractivity contribution in [3.8, 4) is 5.75 Å². The predicted molar refractivity (Wildman–Crippen MR) is 113 cm³/mol. The maximum absolute atomic E-state index is 10.2. The Balaban J connectivity index is 3.24. The summed E-state index contributed by atoms with van der Waals surface area (Å²) in [6.07, 6.45) is 5.50. The molecule has 0 spiro atoms. The minimum absolute atomic E-state index is 0.229. The van der Waals surface area contributed by atoms with Crippen molar-refractivity contribution in [1.82, 2.24) is 0 Å². The van der Waals surface area contributed by atoms with Gasteiger partial charge in [0.05, 0.1) is 7.11 Å². The lowest BCUT2D eigenvalue weighted by Gasteiger charge is -2.17. The highest BCUT2D eigenvalue weighted by Gasteiger charge is 2.14. The molecule has 0 bridgehead atoms. The molecule has 3 N–H and O–H groups in total. The highest BCUT2D eigenvalue weighted by molar-refractivity contribution is 5.72. The van der Waals surface area contributed by atoms with Crippen LogP contribution in [0.5, 0.6) is 5.75 Å². The van der Waals surface area contributed by atoms with E-state index in [4.69, 9.17) is 15.2 Å². The minimum atomic E-state index is 0.229. The summed E-state index contributed by atoms with van der Waals surface area (Å²) in [6.45, 7) is 14.7. The van der Waals surface area contributed by atoms with Crippen LogP contribution in [-0.4, -0.2) is 25.9 Å². The summed E-state index contributed by atoms with van der Waals surface area (Å²) in [5.74, 6) is 1.20. The van der Waals surface area contributed by atoms with Crippen LogP contribution in [0.4, 0.5) is 0 Å². The molecule has 4 nitrogen and oxygen atoms in total. The maximum Gasteiger partial charge on any atom is 0.119 e. The van der Waals surface area contributed by atoms with Crippen LogP contribution in [0.2, 0.25) is 0 Å². The van der Waals surface area contributed by atoms with Gasteiger partial charge in [-0.2, -0.15) is 0 Å². The molecule has 1 aromatic carbocycles. The summed E-state index contributed by atoms with van der Waals surface area (Å²) in [6, 6.07) is 3.73. The fourth-order valence-corrected chi connectivity index (χ4v) is 2.97. The van der Waals surface area contributed by atoms with Gasteiger partial charge in [0.1, 0.15) is 11.5 Å². The number of phenolic OH excluding ortho intramolecular Hbond substituents is 1. The number of rotatable bonds is 10. The number of ether oxygens (including phenoxy) is 2. The third kappa shape index (κ3) is 6.33. The summed E-state index contributed by atoms with van der Waals surface area (Å²) < 4.78 is 10.4. The lowest BCUT2D eigenvalue weighted by Crippen LogP contribution is -2.09. The van der Waals surface area contributed by atoms with E-state index in [-0.39, 0.29) is 5.75 Å². The highest BCUT2D eigenvalue weighted by atomic mass is 16.5. The molecule has 1 atom stereocenters. The number of hydrogen-bond donors (Lipinski definition) is 2. The maximum atomic E-state index is 10.2. The Labute approximate surface area is 163 Å². The van der Waals surface area contributed by atoms with Crippen LogP contribution in [0.25, 0.3) is 5.70 Å². The van der Waals surface area contributed by atoms with Gasteiger partial charge in [0, 0.05) is 30.6 Å². The lowest BCUT2D eigenvalue weighted by molar-refractivity contribution is 0.180. The molecule has 0 heterocycles. The van der Waals surface area contributed by atoms with Gasteiger partial charge < -0.3 is 20.3 Å². The smallest absolute Gasteiger partial charge is 0.119 e. The van der Waals surface area contributed by atoms with Crippen molar-refractivity contribution in [2.24, 2.45) is 11.7 Å². The number of allylic oxidation sites excluding steroid dienone is 3. The van der Waals surface area contributed by atoms with Crippen LogP contribution in [0, 0.1) is 12.8 Å². The zero-order chi connectivity index (χ0) is 20.6. The van der Waals surface area contributed by atoms with Crippen LogP contribution in [-0.2, 0) is 15.9 Å². The molecular formula is C23H33NO3. The summed E-state index contributed by atoms with van der Waals surface area (Å²) in [7, 11) is 3.28. The van der Waals surface area contributed by atoms with E-state index in [0.717, 1.165) is 41.7 Å². The Morgan fingerprint density at radius 2 is 1.96 bits per heavy atom. The molecule has 1 unspecified atom stereocenters. The van der Waals surface area contributed by atoms with Crippen LogP contribution in [0.15, 0.2) is 54.3 Å². The molecule has 148 valence electrons. The van der Waals surface area contributed by atoms with Gasteiger partial charge in [0.25, 0.3) is 0 Å². The van der Waals surface area contributed by atoms with Crippen molar-refractivity contribution < 1.29 is 14.6 Å². The Hall–Kier alpha value is -2.46. The van der Waals surface area contributed by atoms with Gasteiger partial charge in [-0.15, -0.1) is 0 Å². The van der Waals surface area contributed by atoms with Crippen molar-refractivity contribution in [3.05, 3.63) is 71.0 Å². The Kier molecular flexibility index (Phi) is 8.89. The molecule has 0 aromatic heterocycles. The fraction of sp³-hybridized carbons (Fsp3) is 0.391. The Bertz CT molecular complexity index is 744. The quantitative estimate of drug-likeness (QED) is 0.454. The van der Waals surface area contributed by atoms with Crippen molar-refractivity contribution in [2.75, 3.05) is 20.8 Å². The highest BCUT2D eigenvalue weighted by Crippen LogP contribution is 2.29. The molecule has 0 radical (unpaired) electrons. The van der Waals surface area contributed by atoms with Crippen molar-refractivity contribution in [3.63, 3.8) is 0 Å². The summed E-state index contributed by atoms with van der Waals surface area (Å²) in [4.78, 5) is 0. The van der Waals surface area contributed by atoms with E-state index in [1.54, 1.807) is 26.4 Å². The first kappa shape index (κ1) is 22.6. The monoisotopic (exact) mass is 371 g/mol. The Morgan fingerprint density at radius 1 is 1.30 bits per heavy atom. The number of hydrogen-bond acceptors (Lipinski definition) is 4. The molecule has 1 aromatic rings. The van der Waals surface area contributed by atoms with Crippen LogP contribution in [0.3, 0.4) is 0 Å².